The molecule has 150 valence electrons. The highest BCUT2D eigenvalue weighted by atomic mass is 19.1. The number of carbonyl (C=O) groups is 1. The van der Waals surface area contributed by atoms with Crippen molar-refractivity contribution >= 4 is 5.97 Å². The first-order chi connectivity index (χ1) is 14.6. The van der Waals surface area contributed by atoms with Crippen LogP contribution in [-0.2, 0) is 21.4 Å². The number of nitrogens with zero attached hydrogens (tertiary/aromatic N) is 5. The van der Waals surface area contributed by atoms with Gasteiger partial charge in [0.2, 0.25) is 0 Å². The lowest BCUT2D eigenvalue weighted by molar-refractivity contribution is -0.147. The molecule has 0 aliphatic heterocycles. The molecular formula is C22H18FN5O2. The molecule has 1 aliphatic rings. The Morgan fingerprint density at radius 1 is 1.27 bits per heavy atom. The van der Waals surface area contributed by atoms with E-state index in [-0.39, 0.29) is 5.97 Å². The first kappa shape index (κ1) is 19.5. The fraction of sp³-hybridized carbons (Fsp3) is 0.227. The minimum absolute atomic E-state index is 0.320. The number of rotatable bonds is 5. The van der Waals surface area contributed by atoms with Gasteiger partial charge >= 0.3 is 5.97 Å². The number of halogens is 1. The molecule has 1 heterocycles. The second-order valence-corrected chi connectivity index (χ2v) is 7.19. The Morgan fingerprint density at radius 3 is 2.77 bits per heavy atom. The maximum atomic E-state index is 13.2. The van der Waals surface area contributed by atoms with Crippen molar-refractivity contribution in [1.29, 1.82) is 0 Å². The molecule has 2 atom stereocenters. The molecule has 1 aliphatic carbocycles. The number of ether oxygens (including phenoxy) is 1. The Morgan fingerprint density at radius 2 is 2.03 bits per heavy atom. The highest BCUT2D eigenvalue weighted by Gasteiger charge is 2.50. The van der Waals surface area contributed by atoms with Gasteiger partial charge in [0.15, 0.2) is 11.6 Å². The molecule has 0 saturated heterocycles. The lowest BCUT2D eigenvalue weighted by atomic mass is 9.76. The number of methoxy groups -OCH3 is 1. The monoisotopic (exact) mass is 403 g/mol. The summed E-state index contributed by atoms with van der Waals surface area (Å²) in [5.41, 5.74) is 11.2. The van der Waals surface area contributed by atoms with E-state index in [4.69, 9.17) is 10.3 Å². The normalized spacial score (nSPS) is 19.6. The van der Waals surface area contributed by atoms with Crippen molar-refractivity contribution in [3.63, 3.8) is 0 Å². The zero-order chi connectivity index (χ0) is 21.1. The van der Waals surface area contributed by atoms with Crippen LogP contribution < -0.4 is 0 Å². The van der Waals surface area contributed by atoms with Gasteiger partial charge in [0.05, 0.1) is 31.0 Å². The van der Waals surface area contributed by atoms with E-state index in [9.17, 15) is 9.18 Å². The molecule has 0 unspecified atom stereocenters. The molecule has 0 bridgehead atoms. The van der Waals surface area contributed by atoms with Crippen LogP contribution in [0.4, 0.5) is 4.39 Å². The molecule has 7 nitrogen and oxygen atoms in total. The van der Waals surface area contributed by atoms with Gasteiger partial charge in [0.25, 0.3) is 0 Å². The molecule has 0 fully saturated rings. The van der Waals surface area contributed by atoms with Crippen LogP contribution in [0.25, 0.3) is 21.8 Å². The Kier molecular flexibility index (Phi) is 5.16. The highest BCUT2D eigenvalue weighted by molar-refractivity contribution is 5.86. The van der Waals surface area contributed by atoms with Crippen molar-refractivity contribution < 1.29 is 13.9 Å². The number of esters is 1. The summed E-state index contributed by atoms with van der Waals surface area (Å²) >= 11 is 0. The van der Waals surface area contributed by atoms with Gasteiger partial charge in [-0.1, -0.05) is 47.6 Å². The number of hydrogen-bond acceptors (Lipinski definition) is 5. The number of fused-ring (bicyclic) bond motifs is 1. The summed E-state index contributed by atoms with van der Waals surface area (Å²) in [4.78, 5) is 24.0. The molecule has 0 spiro atoms. The quantitative estimate of drug-likeness (QED) is 0.267. The fourth-order valence-corrected chi connectivity index (χ4v) is 4.20. The third-order valence-electron chi connectivity index (χ3n) is 5.46. The van der Waals surface area contributed by atoms with E-state index < -0.39 is 17.3 Å². The summed E-state index contributed by atoms with van der Waals surface area (Å²) in [6.45, 7) is 0. The Hall–Kier alpha value is -3.77. The molecule has 30 heavy (non-hydrogen) atoms. The average molecular weight is 403 g/mol. The summed E-state index contributed by atoms with van der Waals surface area (Å²) in [5.74, 6) is -0.496. The van der Waals surface area contributed by atoms with Gasteiger partial charge in [-0.15, -0.1) is 0 Å². The fourth-order valence-electron chi connectivity index (χ4n) is 4.20. The maximum absolute atomic E-state index is 13.2. The van der Waals surface area contributed by atoms with E-state index >= 15 is 0 Å². The average Bonchev–Trinajstić information content (AvgIpc) is 3.08. The van der Waals surface area contributed by atoms with Crippen molar-refractivity contribution in [3.8, 4) is 11.4 Å². The van der Waals surface area contributed by atoms with E-state index in [2.05, 4.69) is 20.0 Å². The summed E-state index contributed by atoms with van der Waals surface area (Å²) in [5, 5.41) is 3.91. The zero-order valence-corrected chi connectivity index (χ0v) is 16.2. The molecule has 2 aromatic carbocycles. The summed E-state index contributed by atoms with van der Waals surface area (Å²) < 4.78 is 18.3. The minimum atomic E-state index is -0.980. The number of aromatic nitrogens is 2. The van der Waals surface area contributed by atoms with Crippen molar-refractivity contribution in [2.75, 3.05) is 7.11 Å². The Bertz CT molecular complexity index is 1140. The van der Waals surface area contributed by atoms with Crippen LogP contribution in [0.1, 0.15) is 29.2 Å². The smallest absolute Gasteiger partial charge is 0.316 e. The van der Waals surface area contributed by atoms with Crippen LogP contribution in [0, 0.1) is 5.82 Å². The van der Waals surface area contributed by atoms with Crippen molar-refractivity contribution in [2.24, 2.45) is 5.11 Å². The Labute approximate surface area is 172 Å². The Balaban J connectivity index is 1.77. The van der Waals surface area contributed by atoms with Crippen LogP contribution in [-0.4, -0.2) is 23.0 Å². The largest absolute Gasteiger partial charge is 0.468 e. The zero-order valence-electron chi connectivity index (χ0n) is 16.2. The van der Waals surface area contributed by atoms with E-state index in [0.29, 0.717) is 24.2 Å². The third kappa shape index (κ3) is 3.38. The maximum Gasteiger partial charge on any atom is 0.316 e. The van der Waals surface area contributed by atoms with Crippen LogP contribution in [0.5, 0.6) is 0 Å². The third-order valence-corrected chi connectivity index (χ3v) is 5.46. The van der Waals surface area contributed by atoms with Crippen LogP contribution in [0.2, 0.25) is 0 Å². The SMILES string of the molecule is COC(=O)[C@]1(Cc2cccc(-c3ncc(F)cn3)c2)C[C@@H](N=[N+]=[N-])c2ccccc21. The van der Waals surface area contributed by atoms with Gasteiger partial charge in [-0.25, -0.2) is 14.4 Å². The van der Waals surface area contributed by atoms with Gasteiger partial charge in [-0.3, -0.25) is 4.79 Å². The van der Waals surface area contributed by atoms with E-state index in [1.165, 1.54) is 7.11 Å². The molecule has 4 rings (SSSR count). The number of benzene rings is 2. The number of carbonyl (C=O) groups excluding carboxylic acids is 1. The number of hydrogen-bond donors (Lipinski definition) is 0. The predicted molar refractivity (Wildman–Crippen MR) is 108 cm³/mol. The second kappa shape index (κ2) is 7.93. The predicted octanol–water partition coefficient (Wildman–Crippen LogP) is 4.69. The van der Waals surface area contributed by atoms with Crippen LogP contribution in [0.3, 0.4) is 0 Å². The van der Waals surface area contributed by atoms with Crippen LogP contribution in [0.15, 0.2) is 66.0 Å². The van der Waals surface area contributed by atoms with E-state index in [1.54, 1.807) is 0 Å². The van der Waals surface area contributed by atoms with Gasteiger partial charge < -0.3 is 4.74 Å². The molecule has 0 amide bonds. The molecule has 8 heteroatoms. The molecule has 0 radical (unpaired) electrons. The first-order valence-corrected chi connectivity index (χ1v) is 9.36. The van der Waals surface area contributed by atoms with Gasteiger partial charge in [0.1, 0.15) is 0 Å². The standard InChI is InChI=1S/C22H18FN5O2/c1-30-21(29)22(11-19(27-28-24)17-7-2-3-8-18(17)22)10-14-5-4-6-15(9-14)20-25-12-16(23)13-26-20/h2-9,12-13,19H,10-11H2,1H3/t19-,22-/m1/s1. The first-order valence-electron chi connectivity index (χ1n) is 9.36. The lowest BCUT2D eigenvalue weighted by Gasteiger charge is -2.28. The molecule has 3 aromatic rings. The summed E-state index contributed by atoms with van der Waals surface area (Å²) in [6.07, 6.45) is 2.90. The van der Waals surface area contributed by atoms with E-state index in [0.717, 1.165) is 29.1 Å². The molecule has 1 aromatic heterocycles. The van der Waals surface area contributed by atoms with Crippen molar-refractivity contribution in [1.82, 2.24) is 9.97 Å². The molecule has 0 saturated carbocycles. The lowest BCUT2D eigenvalue weighted by Crippen LogP contribution is -2.37. The molecular weight excluding hydrogens is 385 g/mol. The van der Waals surface area contributed by atoms with Crippen molar-refractivity contribution in [3.05, 3.63) is 93.9 Å². The van der Waals surface area contributed by atoms with Crippen LogP contribution >= 0.6 is 0 Å². The van der Waals surface area contributed by atoms with E-state index in [1.807, 2.05) is 48.5 Å². The highest BCUT2D eigenvalue weighted by Crippen LogP contribution is 2.49. The van der Waals surface area contributed by atoms with Gasteiger partial charge in [0, 0.05) is 10.5 Å². The summed E-state index contributed by atoms with van der Waals surface area (Å²) in [7, 11) is 1.36. The summed E-state index contributed by atoms with van der Waals surface area (Å²) in [6, 6.07) is 14.5. The molecule has 0 N–H and O–H groups in total. The van der Waals surface area contributed by atoms with Gasteiger partial charge in [-0.05, 0) is 41.1 Å². The second-order valence-electron chi connectivity index (χ2n) is 7.19. The topological polar surface area (TPSA) is 101 Å². The van der Waals surface area contributed by atoms with Gasteiger partial charge in [-0.2, -0.15) is 0 Å². The number of azide groups is 1. The minimum Gasteiger partial charge on any atom is -0.468 e. The van der Waals surface area contributed by atoms with Crippen molar-refractivity contribution in [2.45, 2.75) is 24.3 Å².